The van der Waals surface area contributed by atoms with Crippen LogP contribution in [0.4, 0.5) is 0 Å². The molecule has 41 heavy (non-hydrogen) atoms. The number of nitrogens with zero attached hydrogens (tertiary/aromatic N) is 3. The van der Waals surface area contributed by atoms with Crippen LogP contribution in [0.15, 0.2) is 85.1 Å². The quantitative estimate of drug-likeness (QED) is 0.155. The van der Waals surface area contributed by atoms with Gasteiger partial charge >= 0.3 is 16.5 Å². The molecule has 3 aromatic heterocycles. The van der Waals surface area contributed by atoms with Gasteiger partial charge in [0.25, 0.3) is 0 Å². The molecule has 6 aromatic rings. The Bertz CT molecular complexity index is 1870. The second-order valence-electron chi connectivity index (χ2n) is 12.8. The molecule has 3 aromatic carbocycles. The number of hydrogen-bond acceptors (Lipinski definition) is 2. The van der Waals surface area contributed by atoms with E-state index >= 15 is 0 Å². The number of aromatic nitrogens is 3. The molecule has 0 N–H and O–H groups in total. The first-order chi connectivity index (χ1) is 19.0. The second kappa shape index (κ2) is 10.6. The number of aryl methyl sites for hydroxylation is 1. The summed E-state index contributed by atoms with van der Waals surface area (Å²) in [5, 5.41) is 2.42. The molecule has 6 rings (SSSR count). The van der Waals surface area contributed by atoms with Gasteiger partial charge in [-0.3, -0.25) is 9.97 Å². The summed E-state index contributed by atoms with van der Waals surface area (Å²) in [5.74, 6) is 0. The number of fused-ring (bicyclic) bond motifs is 3. The van der Waals surface area contributed by atoms with Crippen LogP contribution in [0.25, 0.3) is 55.6 Å². The SMILES string of the molecule is Cc1cc(C(C)(C)C)cc2c1[n-]c1c(-c3cccc(-c4[c-]c(-c5ccccn5)ccc4)n3)cc(C(C)(C)C)cc12.[Ni+2]. The molecule has 0 aliphatic heterocycles. The zero-order chi connectivity index (χ0) is 28.2. The van der Waals surface area contributed by atoms with Crippen LogP contribution in [-0.2, 0) is 27.3 Å². The average molecular weight is 580 g/mol. The first-order valence-corrected chi connectivity index (χ1v) is 14.0. The third-order valence-corrected chi connectivity index (χ3v) is 7.69. The van der Waals surface area contributed by atoms with Crippen molar-refractivity contribution in [1.29, 1.82) is 0 Å². The summed E-state index contributed by atoms with van der Waals surface area (Å²) in [6.07, 6.45) is 1.81. The van der Waals surface area contributed by atoms with Crippen LogP contribution in [0.2, 0.25) is 0 Å². The zero-order valence-electron chi connectivity index (χ0n) is 24.7. The maximum atomic E-state index is 5.24. The first-order valence-electron chi connectivity index (χ1n) is 14.0. The topological polar surface area (TPSA) is 39.9 Å². The number of benzene rings is 3. The van der Waals surface area contributed by atoms with Gasteiger partial charge in [0.2, 0.25) is 0 Å². The average Bonchev–Trinajstić information content (AvgIpc) is 3.32. The number of rotatable bonds is 3. The normalized spacial score (nSPS) is 12.1. The molecule has 0 spiro atoms. The molecule has 3 heterocycles. The molecule has 4 heteroatoms. The van der Waals surface area contributed by atoms with Crippen molar-refractivity contribution in [3.8, 4) is 33.8 Å². The van der Waals surface area contributed by atoms with E-state index in [1.807, 2.05) is 36.5 Å². The van der Waals surface area contributed by atoms with Crippen LogP contribution >= 0.6 is 0 Å². The summed E-state index contributed by atoms with van der Waals surface area (Å²) >= 11 is 0. The Morgan fingerprint density at radius 2 is 1.22 bits per heavy atom. The van der Waals surface area contributed by atoms with E-state index in [-0.39, 0.29) is 27.3 Å². The maximum absolute atomic E-state index is 5.24. The minimum atomic E-state index is -0.0222. The number of pyridine rings is 2. The largest absolute Gasteiger partial charge is 2.00 e. The molecule has 0 unspecified atom stereocenters. The van der Waals surface area contributed by atoms with Crippen molar-refractivity contribution >= 4 is 21.8 Å². The van der Waals surface area contributed by atoms with Gasteiger partial charge in [0.15, 0.2) is 0 Å². The summed E-state index contributed by atoms with van der Waals surface area (Å²) in [6.45, 7) is 15.8. The molecule has 3 nitrogen and oxygen atoms in total. The molecule has 208 valence electrons. The fraction of sp³-hybridized carbons (Fsp3) is 0.243. The van der Waals surface area contributed by atoms with Crippen molar-refractivity contribution in [2.75, 3.05) is 0 Å². The van der Waals surface area contributed by atoms with Gasteiger partial charge in [-0.1, -0.05) is 107 Å². The molecule has 0 fully saturated rings. The van der Waals surface area contributed by atoms with Gasteiger partial charge in [-0.15, -0.1) is 35.3 Å². The van der Waals surface area contributed by atoms with E-state index in [1.165, 1.54) is 27.5 Å². The van der Waals surface area contributed by atoms with Crippen LogP contribution in [-0.4, -0.2) is 9.97 Å². The van der Waals surface area contributed by atoms with Crippen molar-refractivity contribution in [3.63, 3.8) is 0 Å². The molecule has 0 radical (unpaired) electrons. The van der Waals surface area contributed by atoms with E-state index in [1.54, 1.807) is 0 Å². The van der Waals surface area contributed by atoms with Crippen molar-refractivity contribution in [1.82, 2.24) is 15.0 Å². The molecule has 0 atom stereocenters. The van der Waals surface area contributed by atoms with Gasteiger partial charge < -0.3 is 4.98 Å². The van der Waals surface area contributed by atoms with E-state index in [0.29, 0.717) is 0 Å². The van der Waals surface area contributed by atoms with E-state index in [2.05, 4.69) is 108 Å². The van der Waals surface area contributed by atoms with Gasteiger partial charge in [-0.05, 0) is 57.3 Å². The van der Waals surface area contributed by atoms with Crippen LogP contribution in [0.1, 0.15) is 58.2 Å². The Hall–Kier alpha value is -3.75. The first kappa shape index (κ1) is 28.8. The van der Waals surface area contributed by atoms with Crippen LogP contribution in [0.5, 0.6) is 0 Å². The Balaban J connectivity index is 0.00000337. The Labute approximate surface area is 253 Å². The summed E-state index contributed by atoms with van der Waals surface area (Å²) in [5.41, 5.74) is 11.6. The molecule has 0 bridgehead atoms. The monoisotopic (exact) mass is 579 g/mol. The van der Waals surface area contributed by atoms with Crippen LogP contribution in [0, 0.1) is 13.0 Å². The van der Waals surface area contributed by atoms with Crippen molar-refractivity contribution < 1.29 is 16.5 Å². The maximum Gasteiger partial charge on any atom is 2.00 e. The molecular formula is C37H35N3Ni. The van der Waals surface area contributed by atoms with Gasteiger partial charge in [0.1, 0.15) is 0 Å². The fourth-order valence-corrected chi connectivity index (χ4v) is 5.29. The summed E-state index contributed by atoms with van der Waals surface area (Å²) in [4.78, 5) is 14.9. The zero-order valence-corrected chi connectivity index (χ0v) is 25.7. The van der Waals surface area contributed by atoms with Gasteiger partial charge in [-0.25, -0.2) is 0 Å². The van der Waals surface area contributed by atoms with E-state index in [4.69, 9.17) is 9.97 Å². The van der Waals surface area contributed by atoms with E-state index in [9.17, 15) is 0 Å². The molecule has 0 saturated heterocycles. The van der Waals surface area contributed by atoms with Gasteiger partial charge in [0, 0.05) is 17.6 Å². The Morgan fingerprint density at radius 3 is 1.88 bits per heavy atom. The van der Waals surface area contributed by atoms with Gasteiger partial charge in [0.05, 0.1) is 5.69 Å². The van der Waals surface area contributed by atoms with Crippen LogP contribution < -0.4 is 4.98 Å². The number of hydrogen-bond donors (Lipinski definition) is 0. The fourth-order valence-electron chi connectivity index (χ4n) is 5.29. The molecular weight excluding hydrogens is 545 g/mol. The Kier molecular flexibility index (Phi) is 7.43. The third kappa shape index (κ3) is 5.46. The van der Waals surface area contributed by atoms with Crippen molar-refractivity contribution in [2.45, 2.75) is 59.3 Å². The van der Waals surface area contributed by atoms with E-state index < -0.39 is 0 Å². The Morgan fingerprint density at radius 1 is 0.634 bits per heavy atom. The van der Waals surface area contributed by atoms with Gasteiger partial charge in [-0.2, -0.15) is 0 Å². The summed E-state index contributed by atoms with van der Waals surface area (Å²) in [6, 6.07) is 31.1. The molecule has 0 amide bonds. The smallest absolute Gasteiger partial charge is 0.656 e. The second-order valence-corrected chi connectivity index (χ2v) is 12.8. The predicted molar refractivity (Wildman–Crippen MR) is 168 cm³/mol. The van der Waals surface area contributed by atoms with Crippen molar-refractivity contribution in [2.24, 2.45) is 0 Å². The standard InChI is InChI=1S/C37H35N3.Ni/c1-23-18-26(36(2,3)4)20-28-29-21-27(37(5,6)7)22-30(35(29)40-34(23)28)33-16-11-15-32(39-33)25-13-10-12-24(19-25)31-14-8-9-17-38-31;/h8-18,20-22H,1-7H3;/q-2;+2. The third-order valence-electron chi connectivity index (χ3n) is 7.69. The minimum Gasteiger partial charge on any atom is -0.656 e. The summed E-state index contributed by atoms with van der Waals surface area (Å²) < 4.78 is 0. The van der Waals surface area contributed by atoms with Crippen molar-refractivity contribution in [3.05, 3.63) is 108 Å². The van der Waals surface area contributed by atoms with Crippen LogP contribution in [0.3, 0.4) is 0 Å². The molecule has 0 aliphatic rings. The predicted octanol–water partition coefficient (Wildman–Crippen LogP) is 9.44. The molecule has 0 aliphatic carbocycles. The minimum absolute atomic E-state index is 0. The summed E-state index contributed by atoms with van der Waals surface area (Å²) in [7, 11) is 0. The molecule has 0 saturated carbocycles. The van der Waals surface area contributed by atoms with E-state index in [0.717, 1.165) is 44.8 Å².